The number of halogens is 1. The number of nitrogens with one attached hydrogen (secondary N) is 2. The second-order valence-corrected chi connectivity index (χ2v) is 7.72. The molecule has 0 bridgehead atoms. The lowest BCUT2D eigenvalue weighted by molar-refractivity contribution is 0.146. The van der Waals surface area contributed by atoms with Crippen molar-refractivity contribution >= 4 is 40.7 Å². The SMILES string of the molecule is CCNC(=NCCCOCC)NCCS(=O)C(C)(C)C.I. The van der Waals surface area contributed by atoms with Crippen LogP contribution < -0.4 is 10.6 Å². The molecule has 0 saturated carbocycles. The molecule has 0 spiro atoms. The van der Waals surface area contributed by atoms with Crippen molar-refractivity contribution in [1.82, 2.24) is 10.6 Å². The number of hydrogen-bond donors (Lipinski definition) is 2. The van der Waals surface area contributed by atoms with Gasteiger partial charge in [-0.2, -0.15) is 0 Å². The van der Waals surface area contributed by atoms with Crippen LogP contribution in [0.25, 0.3) is 0 Å². The van der Waals surface area contributed by atoms with Gasteiger partial charge >= 0.3 is 0 Å². The first-order valence-corrected chi connectivity index (χ1v) is 8.72. The predicted octanol–water partition coefficient (Wildman–Crippen LogP) is 2.13. The van der Waals surface area contributed by atoms with E-state index >= 15 is 0 Å². The fourth-order valence-electron chi connectivity index (χ4n) is 1.41. The van der Waals surface area contributed by atoms with E-state index in [0.717, 1.165) is 38.7 Å². The molecule has 21 heavy (non-hydrogen) atoms. The van der Waals surface area contributed by atoms with E-state index in [1.54, 1.807) is 0 Å². The van der Waals surface area contributed by atoms with Crippen molar-refractivity contribution in [2.24, 2.45) is 4.99 Å². The van der Waals surface area contributed by atoms with Gasteiger partial charge in [-0.1, -0.05) is 0 Å². The Kier molecular flexibility index (Phi) is 15.3. The first-order chi connectivity index (χ1) is 9.41. The Morgan fingerprint density at radius 1 is 1.24 bits per heavy atom. The molecule has 0 rings (SSSR count). The van der Waals surface area contributed by atoms with Gasteiger partial charge in [0.25, 0.3) is 0 Å². The summed E-state index contributed by atoms with van der Waals surface area (Å²) in [4.78, 5) is 4.46. The molecule has 0 aliphatic rings. The Bertz CT molecular complexity index is 307. The van der Waals surface area contributed by atoms with Gasteiger partial charge in [-0.25, -0.2) is 0 Å². The maximum Gasteiger partial charge on any atom is 0.191 e. The Labute approximate surface area is 149 Å². The summed E-state index contributed by atoms with van der Waals surface area (Å²) in [6, 6.07) is 0. The maximum atomic E-state index is 11.9. The lowest BCUT2D eigenvalue weighted by Gasteiger charge is -2.18. The van der Waals surface area contributed by atoms with E-state index in [4.69, 9.17) is 4.74 Å². The topological polar surface area (TPSA) is 62.7 Å². The zero-order valence-electron chi connectivity index (χ0n) is 14.0. The third-order valence-electron chi connectivity index (χ3n) is 2.53. The average Bonchev–Trinajstić information content (AvgIpc) is 2.37. The van der Waals surface area contributed by atoms with E-state index < -0.39 is 10.8 Å². The summed E-state index contributed by atoms with van der Waals surface area (Å²) in [7, 11) is -0.833. The minimum atomic E-state index is -0.833. The smallest absolute Gasteiger partial charge is 0.191 e. The van der Waals surface area contributed by atoms with E-state index in [9.17, 15) is 4.21 Å². The molecule has 1 atom stereocenters. The largest absolute Gasteiger partial charge is 0.382 e. The molecule has 0 aromatic rings. The zero-order valence-corrected chi connectivity index (χ0v) is 17.2. The minimum absolute atomic E-state index is 0. The fourth-order valence-corrected chi connectivity index (χ4v) is 2.31. The summed E-state index contributed by atoms with van der Waals surface area (Å²) in [5, 5.41) is 6.40. The number of hydrogen-bond acceptors (Lipinski definition) is 3. The van der Waals surface area contributed by atoms with Crippen molar-refractivity contribution in [3.05, 3.63) is 0 Å². The third kappa shape index (κ3) is 13.5. The fraction of sp³-hybridized carbons (Fsp3) is 0.929. The molecular formula is C14H32IN3O2S. The van der Waals surface area contributed by atoms with Gasteiger partial charge in [0.2, 0.25) is 0 Å². The molecule has 2 N–H and O–H groups in total. The molecule has 128 valence electrons. The molecular weight excluding hydrogens is 401 g/mol. The normalized spacial score (nSPS) is 13.5. The van der Waals surface area contributed by atoms with Crippen molar-refractivity contribution < 1.29 is 8.95 Å². The van der Waals surface area contributed by atoms with Gasteiger partial charge < -0.3 is 15.4 Å². The molecule has 0 amide bonds. The van der Waals surface area contributed by atoms with Gasteiger partial charge in [-0.3, -0.25) is 9.20 Å². The summed E-state index contributed by atoms with van der Waals surface area (Å²) in [6.07, 6.45) is 0.915. The van der Waals surface area contributed by atoms with Gasteiger partial charge in [-0.15, -0.1) is 24.0 Å². The summed E-state index contributed by atoms with van der Waals surface area (Å²) in [5.74, 6) is 1.42. The highest BCUT2D eigenvalue weighted by atomic mass is 127. The van der Waals surface area contributed by atoms with Crippen LogP contribution in [0.4, 0.5) is 0 Å². The first-order valence-electron chi connectivity index (χ1n) is 7.40. The van der Waals surface area contributed by atoms with Crippen LogP contribution in [0.3, 0.4) is 0 Å². The molecule has 0 aromatic carbocycles. The second-order valence-electron chi connectivity index (χ2n) is 5.40. The highest BCUT2D eigenvalue weighted by molar-refractivity contribution is 14.0. The minimum Gasteiger partial charge on any atom is -0.382 e. The van der Waals surface area contributed by atoms with E-state index in [-0.39, 0.29) is 28.7 Å². The maximum absolute atomic E-state index is 11.9. The summed E-state index contributed by atoms with van der Waals surface area (Å²) < 4.78 is 17.0. The summed E-state index contributed by atoms with van der Waals surface area (Å²) >= 11 is 0. The van der Waals surface area contributed by atoms with Crippen molar-refractivity contribution in [3.8, 4) is 0 Å². The van der Waals surface area contributed by atoms with Gasteiger partial charge in [0.15, 0.2) is 5.96 Å². The van der Waals surface area contributed by atoms with Gasteiger partial charge in [-0.05, 0) is 41.0 Å². The molecule has 0 radical (unpaired) electrons. The van der Waals surface area contributed by atoms with Crippen molar-refractivity contribution in [2.45, 2.75) is 45.8 Å². The van der Waals surface area contributed by atoms with Crippen LogP contribution in [0.2, 0.25) is 0 Å². The van der Waals surface area contributed by atoms with E-state index in [0.29, 0.717) is 12.3 Å². The molecule has 0 aromatic heterocycles. The summed E-state index contributed by atoms with van der Waals surface area (Å²) in [5.41, 5.74) is 0. The molecule has 0 heterocycles. The number of ether oxygens (including phenoxy) is 1. The Hall–Kier alpha value is 0.110. The van der Waals surface area contributed by atoms with Crippen LogP contribution in [-0.4, -0.2) is 53.5 Å². The van der Waals surface area contributed by atoms with E-state index in [1.165, 1.54) is 0 Å². The quantitative estimate of drug-likeness (QED) is 0.253. The van der Waals surface area contributed by atoms with Crippen LogP contribution >= 0.6 is 24.0 Å². The number of rotatable bonds is 9. The zero-order chi connectivity index (χ0) is 15.4. The van der Waals surface area contributed by atoms with Gasteiger partial charge in [0.05, 0.1) is 0 Å². The van der Waals surface area contributed by atoms with Crippen LogP contribution in [0, 0.1) is 0 Å². The Morgan fingerprint density at radius 3 is 2.43 bits per heavy atom. The number of guanidine groups is 1. The third-order valence-corrected chi connectivity index (χ3v) is 4.47. The van der Waals surface area contributed by atoms with Crippen LogP contribution in [0.1, 0.15) is 41.0 Å². The summed E-state index contributed by atoms with van der Waals surface area (Å²) in [6.45, 7) is 13.7. The molecule has 0 aliphatic carbocycles. The van der Waals surface area contributed by atoms with Crippen molar-refractivity contribution in [1.29, 1.82) is 0 Å². The lowest BCUT2D eigenvalue weighted by Crippen LogP contribution is -2.40. The number of aliphatic imine (C=N–C) groups is 1. The standard InChI is InChI=1S/C14H31N3O2S.HI/c1-6-15-13(16-9-8-11-19-7-2)17-10-12-20(18)14(3,4)5;/h6-12H2,1-5H3,(H2,15,16,17);1H. The van der Waals surface area contributed by atoms with Crippen molar-refractivity contribution in [3.63, 3.8) is 0 Å². The Balaban J connectivity index is 0. The monoisotopic (exact) mass is 433 g/mol. The molecule has 0 aliphatic heterocycles. The molecule has 0 fully saturated rings. The highest BCUT2D eigenvalue weighted by Crippen LogP contribution is 2.10. The predicted molar refractivity (Wildman–Crippen MR) is 103 cm³/mol. The van der Waals surface area contributed by atoms with Crippen LogP contribution in [0.5, 0.6) is 0 Å². The lowest BCUT2D eigenvalue weighted by atomic mass is 10.3. The second kappa shape index (κ2) is 13.8. The van der Waals surface area contributed by atoms with Gasteiger partial charge in [0.1, 0.15) is 0 Å². The Morgan fingerprint density at radius 2 is 1.90 bits per heavy atom. The van der Waals surface area contributed by atoms with Crippen LogP contribution in [0.15, 0.2) is 4.99 Å². The molecule has 5 nitrogen and oxygen atoms in total. The molecule has 0 saturated heterocycles. The van der Waals surface area contributed by atoms with E-state index in [1.807, 2.05) is 34.6 Å². The molecule has 1 unspecified atom stereocenters. The van der Waals surface area contributed by atoms with Gasteiger partial charge in [0, 0.05) is 54.1 Å². The van der Waals surface area contributed by atoms with E-state index in [2.05, 4.69) is 15.6 Å². The first kappa shape index (κ1) is 23.4. The van der Waals surface area contributed by atoms with Crippen molar-refractivity contribution in [2.75, 3.05) is 38.6 Å². The highest BCUT2D eigenvalue weighted by Gasteiger charge is 2.18. The van der Waals surface area contributed by atoms with Crippen LogP contribution in [-0.2, 0) is 15.5 Å². The molecule has 7 heteroatoms. The number of nitrogens with zero attached hydrogens (tertiary/aromatic N) is 1. The average molecular weight is 433 g/mol.